The molecule has 6 nitrogen and oxygen atoms in total. The smallest absolute Gasteiger partial charge is 0.243 e. The number of nitrogens with one attached hydrogen (secondary N) is 1. The molecule has 4 rings (SSSR count). The number of ether oxygens (including phenoxy) is 1. The van der Waals surface area contributed by atoms with E-state index in [9.17, 15) is 17.2 Å². The van der Waals surface area contributed by atoms with Crippen molar-refractivity contribution in [2.45, 2.75) is 30.6 Å². The van der Waals surface area contributed by atoms with Gasteiger partial charge in [-0.2, -0.15) is 9.40 Å². The lowest BCUT2D eigenvalue weighted by Gasteiger charge is -2.16. The van der Waals surface area contributed by atoms with Crippen molar-refractivity contribution >= 4 is 10.0 Å². The molecule has 1 aromatic heterocycles. The topological polar surface area (TPSA) is 75.3 Å². The van der Waals surface area contributed by atoms with E-state index in [0.29, 0.717) is 43.9 Å². The van der Waals surface area contributed by atoms with Crippen LogP contribution < -0.4 is 4.74 Å². The van der Waals surface area contributed by atoms with Crippen molar-refractivity contribution in [1.82, 2.24) is 14.5 Å². The van der Waals surface area contributed by atoms with E-state index in [-0.39, 0.29) is 16.6 Å². The standard InChI is InChI=1S/C22H23F2N3O3S/c1-15-5-6-20(13-21(15)24)31(28,29)27-9-7-16(14-27)22-12-18(25-26-22)8-10-30-19-4-2-3-17(23)11-19/h2-6,11-13,16H,7-10,14H2,1H3,(H,25,26)/t16-/m1/s1. The first-order valence-electron chi connectivity index (χ1n) is 10.0. The molecule has 0 amide bonds. The highest BCUT2D eigenvalue weighted by molar-refractivity contribution is 7.89. The van der Waals surface area contributed by atoms with Crippen molar-refractivity contribution in [3.8, 4) is 5.75 Å². The molecule has 9 heteroatoms. The lowest BCUT2D eigenvalue weighted by atomic mass is 10.0. The molecular weight excluding hydrogens is 424 g/mol. The molecule has 0 spiro atoms. The van der Waals surface area contributed by atoms with Gasteiger partial charge in [0.1, 0.15) is 17.4 Å². The zero-order valence-corrected chi connectivity index (χ0v) is 17.8. The molecule has 0 saturated carbocycles. The number of rotatable bonds is 7. The van der Waals surface area contributed by atoms with E-state index in [1.165, 1.54) is 28.6 Å². The van der Waals surface area contributed by atoms with Crippen LogP contribution in [0.15, 0.2) is 53.4 Å². The Morgan fingerprint density at radius 3 is 2.81 bits per heavy atom. The van der Waals surface area contributed by atoms with Crippen molar-refractivity contribution in [1.29, 1.82) is 0 Å². The summed E-state index contributed by atoms with van der Waals surface area (Å²) < 4.78 is 59.7. The molecule has 2 aromatic carbocycles. The van der Waals surface area contributed by atoms with Gasteiger partial charge >= 0.3 is 0 Å². The maximum absolute atomic E-state index is 13.8. The van der Waals surface area contributed by atoms with Gasteiger partial charge in [-0.25, -0.2) is 17.2 Å². The summed E-state index contributed by atoms with van der Waals surface area (Å²) in [6.07, 6.45) is 1.19. The molecule has 0 radical (unpaired) electrons. The highest BCUT2D eigenvalue weighted by Crippen LogP contribution is 2.31. The molecule has 0 aliphatic carbocycles. The summed E-state index contributed by atoms with van der Waals surface area (Å²) in [4.78, 5) is -0.0338. The normalized spacial score (nSPS) is 17.2. The van der Waals surface area contributed by atoms with Crippen LogP contribution in [0.2, 0.25) is 0 Å². The fraction of sp³-hybridized carbons (Fsp3) is 0.318. The summed E-state index contributed by atoms with van der Waals surface area (Å²) in [6.45, 7) is 2.60. The summed E-state index contributed by atoms with van der Waals surface area (Å²) in [7, 11) is -3.76. The van der Waals surface area contributed by atoms with Crippen molar-refractivity contribution in [2.75, 3.05) is 19.7 Å². The molecule has 1 fully saturated rings. The van der Waals surface area contributed by atoms with Crippen LogP contribution in [-0.2, 0) is 16.4 Å². The van der Waals surface area contributed by atoms with Crippen LogP contribution in [0.25, 0.3) is 0 Å². The van der Waals surface area contributed by atoms with Gasteiger partial charge in [-0.05, 0) is 49.2 Å². The monoisotopic (exact) mass is 447 g/mol. The van der Waals surface area contributed by atoms with Crippen LogP contribution in [0.1, 0.15) is 29.3 Å². The predicted molar refractivity (Wildman–Crippen MR) is 111 cm³/mol. The van der Waals surface area contributed by atoms with E-state index in [1.807, 2.05) is 6.07 Å². The highest BCUT2D eigenvalue weighted by atomic mass is 32.2. The number of H-pyrrole nitrogens is 1. The Labute approximate surface area is 179 Å². The highest BCUT2D eigenvalue weighted by Gasteiger charge is 2.34. The van der Waals surface area contributed by atoms with E-state index in [1.54, 1.807) is 19.1 Å². The van der Waals surface area contributed by atoms with Crippen LogP contribution in [0, 0.1) is 18.6 Å². The summed E-state index contributed by atoms with van der Waals surface area (Å²) in [6, 6.07) is 11.8. The molecule has 1 saturated heterocycles. The number of halogens is 2. The average molecular weight is 448 g/mol. The Morgan fingerprint density at radius 1 is 1.19 bits per heavy atom. The second-order valence-corrected chi connectivity index (χ2v) is 9.57. The quantitative estimate of drug-likeness (QED) is 0.598. The van der Waals surface area contributed by atoms with Gasteiger partial charge in [0.25, 0.3) is 0 Å². The SMILES string of the molecule is Cc1ccc(S(=O)(=O)N2CC[C@@H](c3cc(CCOc4cccc(F)c4)[nH]n3)C2)cc1F. The lowest BCUT2D eigenvalue weighted by molar-refractivity contribution is 0.319. The second-order valence-electron chi connectivity index (χ2n) is 7.63. The van der Waals surface area contributed by atoms with Crippen molar-refractivity contribution in [3.63, 3.8) is 0 Å². The largest absolute Gasteiger partial charge is 0.493 e. The molecule has 1 aliphatic heterocycles. The van der Waals surface area contributed by atoms with E-state index in [0.717, 1.165) is 17.5 Å². The third-order valence-corrected chi connectivity index (χ3v) is 7.30. The van der Waals surface area contributed by atoms with Crippen LogP contribution in [-0.4, -0.2) is 42.6 Å². The number of aromatic nitrogens is 2. The Hall–Kier alpha value is -2.78. The third kappa shape index (κ3) is 4.77. The fourth-order valence-corrected chi connectivity index (χ4v) is 5.14. The molecule has 31 heavy (non-hydrogen) atoms. The zero-order valence-electron chi connectivity index (χ0n) is 17.0. The Bertz CT molecular complexity index is 1180. The van der Waals surface area contributed by atoms with Crippen LogP contribution in [0.5, 0.6) is 5.75 Å². The molecule has 1 aliphatic rings. The first-order chi connectivity index (χ1) is 14.8. The fourth-order valence-electron chi connectivity index (χ4n) is 3.62. The number of benzene rings is 2. The number of aromatic amines is 1. The number of hydrogen-bond donors (Lipinski definition) is 1. The maximum atomic E-state index is 13.8. The first kappa shape index (κ1) is 21.5. The minimum absolute atomic E-state index is 0.0338. The van der Waals surface area contributed by atoms with Gasteiger partial charge in [-0.15, -0.1) is 0 Å². The summed E-state index contributed by atoms with van der Waals surface area (Å²) in [5.74, 6) is -0.465. The lowest BCUT2D eigenvalue weighted by Crippen LogP contribution is -2.28. The van der Waals surface area contributed by atoms with Crippen molar-refractivity contribution in [3.05, 3.63) is 77.1 Å². The van der Waals surface area contributed by atoms with Gasteiger partial charge in [0.05, 0.1) is 17.2 Å². The summed E-state index contributed by atoms with van der Waals surface area (Å²) >= 11 is 0. The summed E-state index contributed by atoms with van der Waals surface area (Å²) in [5.41, 5.74) is 2.05. The van der Waals surface area contributed by atoms with E-state index >= 15 is 0 Å². The molecule has 1 atom stereocenters. The number of sulfonamides is 1. The predicted octanol–water partition coefficient (Wildman–Crippen LogP) is 3.80. The molecule has 0 unspecified atom stereocenters. The molecule has 3 aromatic rings. The minimum atomic E-state index is -3.76. The van der Waals surface area contributed by atoms with Gasteiger partial charge in [0.2, 0.25) is 10.0 Å². The molecule has 2 heterocycles. The third-order valence-electron chi connectivity index (χ3n) is 5.44. The van der Waals surface area contributed by atoms with Gasteiger partial charge in [-0.1, -0.05) is 12.1 Å². The van der Waals surface area contributed by atoms with Crippen LogP contribution >= 0.6 is 0 Å². The average Bonchev–Trinajstić information content (AvgIpc) is 3.40. The van der Waals surface area contributed by atoms with E-state index in [2.05, 4.69) is 10.2 Å². The first-order valence-corrected chi connectivity index (χ1v) is 11.5. The van der Waals surface area contributed by atoms with Gasteiger partial charge < -0.3 is 4.74 Å². The maximum Gasteiger partial charge on any atom is 0.243 e. The van der Waals surface area contributed by atoms with Gasteiger partial charge in [0.15, 0.2) is 0 Å². The molecular formula is C22H23F2N3O3S. The molecule has 0 bridgehead atoms. The van der Waals surface area contributed by atoms with Crippen LogP contribution in [0.4, 0.5) is 8.78 Å². The van der Waals surface area contributed by atoms with Gasteiger partial charge in [-0.3, -0.25) is 5.10 Å². The van der Waals surface area contributed by atoms with Crippen molar-refractivity contribution < 1.29 is 21.9 Å². The number of hydrogen-bond acceptors (Lipinski definition) is 4. The zero-order chi connectivity index (χ0) is 22.0. The Balaban J connectivity index is 1.36. The van der Waals surface area contributed by atoms with E-state index in [4.69, 9.17) is 4.74 Å². The molecule has 1 N–H and O–H groups in total. The Kier molecular flexibility index (Phi) is 6.06. The summed E-state index contributed by atoms with van der Waals surface area (Å²) in [5, 5.41) is 7.29. The number of nitrogens with zero attached hydrogens (tertiary/aromatic N) is 2. The van der Waals surface area contributed by atoms with Crippen LogP contribution in [0.3, 0.4) is 0 Å². The van der Waals surface area contributed by atoms with Gasteiger partial charge in [0, 0.05) is 37.2 Å². The second kappa shape index (κ2) is 8.76. The van der Waals surface area contributed by atoms with E-state index < -0.39 is 15.8 Å². The minimum Gasteiger partial charge on any atom is -0.493 e. The number of aryl methyl sites for hydroxylation is 1. The molecule has 164 valence electrons. The van der Waals surface area contributed by atoms with Crippen molar-refractivity contribution in [2.24, 2.45) is 0 Å². The Morgan fingerprint density at radius 2 is 2.03 bits per heavy atom.